The fourth-order valence-corrected chi connectivity index (χ4v) is 2.24. The Balaban J connectivity index is 2.17. The number of hydrogen-bond donors (Lipinski definition) is 1. The first-order chi connectivity index (χ1) is 11.7. The number of aromatic nitrogens is 1. The molecule has 7 heteroatoms. The van der Waals surface area contributed by atoms with Gasteiger partial charge in [-0.3, -0.25) is 0 Å². The molecule has 1 heterocycles. The molecule has 7 nitrogen and oxygen atoms in total. The van der Waals surface area contributed by atoms with E-state index >= 15 is 0 Å². The summed E-state index contributed by atoms with van der Waals surface area (Å²) in [6.07, 6.45) is 1.22. The van der Waals surface area contributed by atoms with Crippen LogP contribution in [0.3, 0.4) is 0 Å². The van der Waals surface area contributed by atoms with E-state index in [1.54, 1.807) is 4.90 Å². The number of carbonyl (C=O) groups excluding carboxylic acids is 2. The Hall–Kier alpha value is -2.83. The van der Waals surface area contributed by atoms with Crippen LogP contribution in [0, 0.1) is 6.92 Å². The predicted octanol–water partition coefficient (Wildman–Crippen LogP) is 3.60. The first kappa shape index (κ1) is 18.5. The maximum atomic E-state index is 12.7. The number of urea groups is 1. The fourth-order valence-electron chi connectivity index (χ4n) is 2.24. The second-order valence-electron chi connectivity index (χ2n) is 6.67. The van der Waals surface area contributed by atoms with E-state index in [1.807, 2.05) is 52.0 Å². The van der Waals surface area contributed by atoms with E-state index in [0.717, 1.165) is 5.56 Å². The topological polar surface area (TPSA) is 84.7 Å². The van der Waals surface area contributed by atoms with E-state index in [9.17, 15) is 9.59 Å². The number of methoxy groups -OCH3 is 1. The molecule has 0 saturated carbocycles. The Kier molecular flexibility index (Phi) is 5.46. The van der Waals surface area contributed by atoms with Gasteiger partial charge in [-0.2, -0.15) is 0 Å². The van der Waals surface area contributed by atoms with Crippen molar-refractivity contribution in [2.45, 2.75) is 39.8 Å². The van der Waals surface area contributed by atoms with Gasteiger partial charge in [0, 0.05) is 11.2 Å². The van der Waals surface area contributed by atoms with Crippen molar-refractivity contribution in [1.82, 2.24) is 9.88 Å². The molecule has 1 aromatic carbocycles. The van der Waals surface area contributed by atoms with Crippen LogP contribution >= 0.6 is 0 Å². The maximum absolute atomic E-state index is 12.7. The average molecular weight is 345 g/mol. The summed E-state index contributed by atoms with van der Waals surface area (Å²) in [5.41, 5.74) is 1.36. The Labute approximate surface area is 147 Å². The van der Waals surface area contributed by atoms with Gasteiger partial charge in [-0.25, -0.2) is 14.6 Å². The minimum atomic E-state index is -0.582. The normalized spacial score (nSPS) is 11.1. The number of esters is 1. The maximum Gasteiger partial charge on any atom is 0.360 e. The van der Waals surface area contributed by atoms with Crippen LogP contribution in [0.25, 0.3) is 0 Å². The van der Waals surface area contributed by atoms with Crippen LogP contribution in [0.5, 0.6) is 0 Å². The summed E-state index contributed by atoms with van der Waals surface area (Å²) in [7, 11) is 1.27. The molecule has 1 N–H and O–H groups in total. The molecule has 0 saturated heterocycles. The van der Waals surface area contributed by atoms with Crippen molar-refractivity contribution in [3.63, 3.8) is 0 Å². The quantitative estimate of drug-likeness (QED) is 0.856. The average Bonchev–Trinajstić information content (AvgIpc) is 2.99. The molecule has 0 atom stereocenters. The first-order valence-corrected chi connectivity index (χ1v) is 7.88. The third kappa shape index (κ3) is 4.82. The second kappa shape index (κ2) is 7.38. The van der Waals surface area contributed by atoms with E-state index < -0.39 is 11.5 Å². The van der Waals surface area contributed by atoms with Gasteiger partial charge in [0.05, 0.1) is 13.7 Å². The van der Waals surface area contributed by atoms with Gasteiger partial charge in [0.2, 0.25) is 5.89 Å². The van der Waals surface area contributed by atoms with Gasteiger partial charge in [0.15, 0.2) is 5.69 Å². The number of nitrogens with zero attached hydrogens (tertiary/aromatic N) is 2. The Morgan fingerprint density at radius 1 is 1.32 bits per heavy atom. The van der Waals surface area contributed by atoms with E-state index in [-0.39, 0.29) is 24.2 Å². The van der Waals surface area contributed by atoms with Gasteiger partial charge in [-0.05, 0) is 45.4 Å². The fraction of sp³-hybridized carbons (Fsp3) is 0.389. The molecule has 2 amide bonds. The molecule has 0 fully saturated rings. The van der Waals surface area contributed by atoms with Crippen molar-refractivity contribution < 1.29 is 18.7 Å². The van der Waals surface area contributed by atoms with Crippen molar-refractivity contribution >= 4 is 17.7 Å². The number of amides is 2. The molecular formula is C18H23N3O4. The molecule has 0 aliphatic carbocycles. The number of rotatable bonds is 4. The molecule has 1 aromatic heterocycles. The summed E-state index contributed by atoms with van der Waals surface area (Å²) in [5.74, 6) is -0.323. The predicted molar refractivity (Wildman–Crippen MR) is 93.3 cm³/mol. The van der Waals surface area contributed by atoms with Crippen molar-refractivity contribution in [2.24, 2.45) is 0 Å². The number of carbonyl (C=O) groups is 2. The van der Waals surface area contributed by atoms with Crippen LogP contribution in [0.2, 0.25) is 0 Å². The lowest BCUT2D eigenvalue weighted by atomic mass is 10.1. The third-order valence-corrected chi connectivity index (χ3v) is 3.56. The molecular weight excluding hydrogens is 322 g/mol. The summed E-state index contributed by atoms with van der Waals surface area (Å²) >= 11 is 0. The SMILES string of the molecule is COC(=O)c1coc(CN(C(=O)Nc2cccc(C)c2)C(C)(C)C)n1. The highest BCUT2D eigenvalue weighted by Gasteiger charge is 2.28. The van der Waals surface area contributed by atoms with Gasteiger partial charge in [-0.1, -0.05) is 12.1 Å². The van der Waals surface area contributed by atoms with Crippen molar-refractivity contribution in [3.05, 3.63) is 47.7 Å². The smallest absolute Gasteiger partial charge is 0.360 e. The minimum Gasteiger partial charge on any atom is -0.464 e. The molecule has 0 aliphatic rings. The number of ether oxygens (including phenoxy) is 1. The minimum absolute atomic E-state index is 0.0745. The van der Waals surface area contributed by atoms with Crippen molar-refractivity contribution in [3.8, 4) is 0 Å². The summed E-state index contributed by atoms with van der Waals surface area (Å²) < 4.78 is 9.90. The third-order valence-electron chi connectivity index (χ3n) is 3.56. The van der Waals surface area contributed by atoms with Crippen LogP contribution < -0.4 is 5.32 Å². The lowest BCUT2D eigenvalue weighted by Gasteiger charge is -2.34. The van der Waals surface area contributed by atoms with Crippen LogP contribution in [0.15, 0.2) is 34.9 Å². The van der Waals surface area contributed by atoms with Crippen molar-refractivity contribution in [1.29, 1.82) is 0 Å². The first-order valence-electron chi connectivity index (χ1n) is 7.88. The molecule has 2 aromatic rings. The highest BCUT2D eigenvalue weighted by molar-refractivity contribution is 5.90. The lowest BCUT2D eigenvalue weighted by molar-refractivity contribution is 0.0594. The zero-order valence-corrected chi connectivity index (χ0v) is 15.1. The van der Waals surface area contributed by atoms with E-state index in [4.69, 9.17) is 4.42 Å². The van der Waals surface area contributed by atoms with Crippen LogP contribution in [-0.4, -0.2) is 34.5 Å². The van der Waals surface area contributed by atoms with Crippen LogP contribution in [0.1, 0.15) is 42.7 Å². The van der Waals surface area contributed by atoms with Gasteiger partial charge in [0.1, 0.15) is 6.26 Å². The lowest BCUT2D eigenvalue weighted by Crippen LogP contribution is -2.47. The monoisotopic (exact) mass is 345 g/mol. The number of hydrogen-bond acceptors (Lipinski definition) is 5. The Bertz CT molecular complexity index is 762. The summed E-state index contributed by atoms with van der Waals surface area (Å²) in [6.45, 7) is 7.81. The van der Waals surface area contributed by atoms with Gasteiger partial charge in [0.25, 0.3) is 0 Å². The standard InChI is InChI=1S/C18H23N3O4/c1-12-7-6-8-13(9-12)19-17(23)21(18(2,3)4)10-15-20-14(11-25-15)16(22)24-5/h6-9,11H,10H2,1-5H3,(H,19,23). The van der Waals surface area contributed by atoms with Gasteiger partial charge in [-0.15, -0.1) is 0 Å². The molecule has 134 valence electrons. The number of benzene rings is 1. The zero-order valence-electron chi connectivity index (χ0n) is 15.1. The zero-order chi connectivity index (χ0) is 18.6. The van der Waals surface area contributed by atoms with Crippen molar-refractivity contribution in [2.75, 3.05) is 12.4 Å². The molecule has 0 bridgehead atoms. The summed E-state index contributed by atoms with van der Waals surface area (Å²) in [6, 6.07) is 7.27. The molecule has 25 heavy (non-hydrogen) atoms. The molecule has 0 unspecified atom stereocenters. The number of anilines is 1. The number of oxazole rings is 1. The van der Waals surface area contributed by atoms with Gasteiger partial charge >= 0.3 is 12.0 Å². The highest BCUT2D eigenvalue weighted by atomic mass is 16.5. The summed E-state index contributed by atoms with van der Waals surface area (Å²) in [5, 5.41) is 2.88. The molecule has 0 aliphatic heterocycles. The highest BCUT2D eigenvalue weighted by Crippen LogP contribution is 2.20. The number of aryl methyl sites for hydroxylation is 1. The largest absolute Gasteiger partial charge is 0.464 e. The van der Waals surface area contributed by atoms with Crippen LogP contribution in [-0.2, 0) is 11.3 Å². The second-order valence-corrected chi connectivity index (χ2v) is 6.67. The van der Waals surface area contributed by atoms with E-state index in [2.05, 4.69) is 15.0 Å². The molecule has 0 radical (unpaired) electrons. The number of nitrogens with one attached hydrogen (secondary N) is 1. The Morgan fingerprint density at radius 3 is 2.64 bits per heavy atom. The molecule has 2 rings (SSSR count). The molecule has 0 spiro atoms. The summed E-state index contributed by atoms with van der Waals surface area (Å²) in [4.78, 5) is 29.9. The van der Waals surface area contributed by atoms with E-state index in [0.29, 0.717) is 5.69 Å². The van der Waals surface area contributed by atoms with E-state index in [1.165, 1.54) is 13.4 Å². The Morgan fingerprint density at radius 2 is 2.04 bits per heavy atom. The van der Waals surface area contributed by atoms with Crippen LogP contribution in [0.4, 0.5) is 10.5 Å². The van der Waals surface area contributed by atoms with Gasteiger partial charge < -0.3 is 19.4 Å².